The SMILES string of the molecule is C=CCN(C)CCCCCCOc1ccc(C(C)c2ccc(Br)cc2)c(F)c1. The normalized spacial score (nSPS) is 12.2. The van der Waals surface area contributed by atoms with Crippen molar-refractivity contribution in [1.29, 1.82) is 0 Å². The van der Waals surface area contributed by atoms with Crippen LogP contribution in [0, 0.1) is 5.82 Å². The van der Waals surface area contributed by atoms with Crippen molar-refractivity contribution < 1.29 is 9.13 Å². The monoisotopic (exact) mass is 447 g/mol. The number of ether oxygens (including phenoxy) is 1. The van der Waals surface area contributed by atoms with Crippen molar-refractivity contribution in [3.8, 4) is 5.75 Å². The van der Waals surface area contributed by atoms with Crippen LogP contribution in [0.25, 0.3) is 0 Å². The van der Waals surface area contributed by atoms with Crippen LogP contribution in [0.1, 0.15) is 49.7 Å². The van der Waals surface area contributed by atoms with E-state index in [1.165, 1.54) is 18.9 Å². The van der Waals surface area contributed by atoms with Gasteiger partial charge < -0.3 is 9.64 Å². The molecule has 0 aliphatic carbocycles. The summed E-state index contributed by atoms with van der Waals surface area (Å²) in [5.74, 6) is 0.398. The Labute approximate surface area is 177 Å². The van der Waals surface area contributed by atoms with Gasteiger partial charge in [0.25, 0.3) is 0 Å². The molecule has 4 heteroatoms. The van der Waals surface area contributed by atoms with Gasteiger partial charge in [-0.05, 0) is 55.8 Å². The summed E-state index contributed by atoms with van der Waals surface area (Å²) < 4.78 is 21.3. The van der Waals surface area contributed by atoms with Crippen molar-refractivity contribution in [3.05, 3.63) is 76.5 Å². The van der Waals surface area contributed by atoms with Gasteiger partial charge in [-0.25, -0.2) is 4.39 Å². The highest BCUT2D eigenvalue weighted by Gasteiger charge is 2.14. The summed E-state index contributed by atoms with van der Waals surface area (Å²) in [4.78, 5) is 2.27. The Morgan fingerprint density at radius 1 is 1.11 bits per heavy atom. The minimum Gasteiger partial charge on any atom is -0.493 e. The van der Waals surface area contributed by atoms with Crippen molar-refractivity contribution >= 4 is 15.9 Å². The van der Waals surface area contributed by atoms with Gasteiger partial charge in [0.1, 0.15) is 11.6 Å². The minimum atomic E-state index is -0.210. The number of benzene rings is 2. The van der Waals surface area contributed by atoms with Crippen LogP contribution in [0.3, 0.4) is 0 Å². The second-order valence-corrected chi connectivity index (χ2v) is 8.19. The molecule has 2 aromatic rings. The minimum absolute atomic E-state index is 0.00127. The summed E-state index contributed by atoms with van der Waals surface area (Å²) in [6.07, 6.45) is 6.41. The van der Waals surface area contributed by atoms with E-state index in [9.17, 15) is 4.39 Å². The van der Waals surface area contributed by atoms with Gasteiger partial charge in [0.05, 0.1) is 6.61 Å². The molecule has 28 heavy (non-hydrogen) atoms. The molecule has 0 fully saturated rings. The van der Waals surface area contributed by atoms with E-state index >= 15 is 0 Å². The molecule has 2 nitrogen and oxygen atoms in total. The number of rotatable bonds is 12. The van der Waals surface area contributed by atoms with Crippen LogP contribution in [-0.2, 0) is 0 Å². The highest BCUT2D eigenvalue weighted by Crippen LogP contribution is 2.29. The Bertz CT molecular complexity index is 732. The number of likely N-dealkylation sites (N-methyl/N-ethyl adjacent to an activating group) is 1. The third-order valence-electron chi connectivity index (χ3n) is 4.95. The van der Waals surface area contributed by atoms with Gasteiger partial charge in [-0.1, -0.05) is 60.0 Å². The molecule has 1 atom stereocenters. The smallest absolute Gasteiger partial charge is 0.130 e. The van der Waals surface area contributed by atoms with Crippen LogP contribution in [-0.4, -0.2) is 31.6 Å². The first-order chi connectivity index (χ1) is 13.5. The molecule has 152 valence electrons. The standard InChI is InChI=1S/C24H31BrFNO/c1-4-15-27(3)16-7-5-6-8-17-28-22-13-14-23(24(26)18-22)19(2)20-9-11-21(25)12-10-20/h4,9-14,18-19H,1,5-8,15-17H2,2-3H3. The fourth-order valence-corrected chi connectivity index (χ4v) is 3.48. The lowest BCUT2D eigenvalue weighted by molar-refractivity contribution is 0.299. The predicted octanol–water partition coefficient (Wildman–Crippen LogP) is 6.80. The van der Waals surface area contributed by atoms with Crippen molar-refractivity contribution in [3.63, 3.8) is 0 Å². The maximum absolute atomic E-state index is 14.6. The molecular formula is C24H31BrFNO. The lowest BCUT2D eigenvalue weighted by Gasteiger charge is -2.15. The van der Waals surface area contributed by atoms with Gasteiger partial charge in [-0.15, -0.1) is 6.58 Å². The van der Waals surface area contributed by atoms with Gasteiger partial charge in [0.15, 0.2) is 0 Å². The summed E-state index contributed by atoms with van der Waals surface area (Å²) in [6, 6.07) is 13.2. The van der Waals surface area contributed by atoms with E-state index in [-0.39, 0.29) is 11.7 Å². The first kappa shape index (κ1) is 22.6. The van der Waals surface area contributed by atoms with Crippen molar-refractivity contribution in [2.24, 2.45) is 0 Å². The third-order valence-corrected chi connectivity index (χ3v) is 5.48. The Hall–Kier alpha value is -1.65. The predicted molar refractivity (Wildman–Crippen MR) is 120 cm³/mol. The molecule has 0 spiro atoms. The number of hydrogen-bond donors (Lipinski definition) is 0. The topological polar surface area (TPSA) is 12.5 Å². The van der Waals surface area contributed by atoms with Gasteiger partial charge in [-0.2, -0.15) is 0 Å². The Balaban J connectivity index is 1.75. The fourth-order valence-electron chi connectivity index (χ4n) is 3.22. The van der Waals surface area contributed by atoms with Crippen molar-refractivity contribution in [2.45, 2.75) is 38.5 Å². The van der Waals surface area contributed by atoms with Crippen molar-refractivity contribution in [2.75, 3.05) is 26.7 Å². The lowest BCUT2D eigenvalue weighted by Crippen LogP contribution is -2.19. The number of halogens is 2. The summed E-state index contributed by atoms with van der Waals surface area (Å²) in [5.41, 5.74) is 1.79. The molecule has 2 aromatic carbocycles. The van der Waals surface area contributed by atoms with E-state index in [1.54, 1.807) is 0 Å². The molecule has 0 saturated heterocycles. The highest BCUT2D eigenvalue weighted by molar-refractivity contribution is 9.10. The van der Waals surface area contributed by atoms with Crippen LogP contribution < -0.4 is 4.74 Å². The van der Waals surface area contributed by atoms with E-state index in [0.29, 0.717) is 17.9 Å². The van der Waals surface area contributed by atoms with E-state index in [4.69, 9.17) is 4.74 Å². The van der Waals surface area contributed by atoms with Crippen LogP contribution in [0.4, 0.5) is 4.39 Å². The summed E-state index contributed by atoms with van der Waals surface area (Å²) in [5, 5.41) is 0. The number of nitrogens with zero attached hydrogens (tertiary/aromatic N) is 1. The van der Waals surface area contributed by atoms with Crippen LogP contribution in [0.15, 0.2) is 59.6 Å². The zero-order chi connectivity index (χ0) is 20.4. The van der Waals surface area contributed by atoms with Gasteiger partial charge in [0.2, 0.25) is 0 Å². The van der Waals surface area contributed by atoms with E-state index in [1.807, 2.05) is 49.4 Å². The summed E-state index contributed by atoms with van der Waals surface area (Å²) in [7, 11) is 2.11. The quantitative estimate of drug-likeness (QED) is 0.262. The number of unbranched alkanes of at least 4 members (excludes halogenated alkanes) is 3. The first-order valence-electron chi connectivity index (χ1n) is 9.98. The molecule has 0 amide bonds. The van der Waals surface area contributed by atoms with Gasteiger partial charge in [0, 0.05) is 23.0 Å². The molecule has 1 unspecified atom stereocenters. The second kappa shape index (κ2) is 12.0. The largest absolute Gasteiger partial charge is 0.493 e. The first-order valence-corrected chi connectivity index (χ1v) is 10.8. The van der Waals surface area contributed by atoms with Crippen LogP contribution >= 0.6 is 15.9 Å². The van der Waals surface area contributed by atoms with E-state index < -0.39 is 0 Å². The summed E-state index contributed by atoms with van der Waals surface area (Å²) >= 11 is 3.43. The van der Waals surface area contributed by atoms with Crippen LogP contribution in [0.5, 0.6) is 5.75 Å². The highest BCUT2D eigenvalue weighted by atomic mass is 79.9. The Kier molecular flexibility index (Phi) is 9.72. The third kappa shape index (κ3) is 7.40. The molecule has 0 saturated carbocycles. The van der Waals surface area contributed by atoms with Crippen molar-refractivity contribution in [1.82, 2.24) is 4.90 Å². The Morgan fingerprint density at radius 3 is 2.50 bits per heavy atom. The zero-order valence-electron chi connectivity index (χ0n) is 17.0. The zero-order valence-corrected chi connectivity index (χ0v) is 18.6. The maximum atomic E-state index is 14.6. The molecule has 0 aromatic heterocycles. The molecular weight excluding hydrogens is 417 g/mol. The van der Waals surface area contributed by atoms with Gasteiger partial charge >= 0.3 is 0 Å². The number of hydrogen-bond acceptors (Lipinski definition) is 2. The van der Waals surface area contributed by atoms with Crippen LogP contribution in [0.2, 0.25) is 0 Å². The molecule has 0 radical (unpaired) electrons. The Morgan fingerprint density at radius 2 is 1.82 bits per heavy atom. The average Bonchev–Trinajstić information content (AvgIpc) is 2.67. The molecule has 0 bridgehead atoms. The molecule has 0 N–H and O–H groups in total. The maximum Gasteiger partial charge on any atom is 0.130 e. The van der Waals surface area contributed by atoms with E-state index in [0.717, 1.165) is 36.0 Å². The molecule has 0 aliphatic rings. The molecule has 2 rings (SSSR count). The lowest BCUT2D eigenvalue weighted by atomic mass is 9.93. The average molecular weight is 448 g/mol. The molecule has 0 aliphatic heterocycles. The molecule has 0 heterocycles. The fraction of sp³-hybridized carbons (Fsp3) is 0.417. The summed E-state index contributed by atoms with van der Waals surface area (Å²) in [6.45, 7) is 8.43. The second-order valence-electron chi connectivity index (χ2n) is 7.27. The van der Waals surface area contributed by atoms with E-state index in [2.05, 4.69) is 34.5 Å². The van der Waals surface area contributed by atoms with Gasteiger partial charge in [-0.3, -0.25) is 0 Å².